The molecule has 1 aromatic rings. The first kappa shape index (κ1) is 11.4. The number of alkyl halides is 3. The highest BCUT2D eigenvalue weighted by Crippen LogP contribution is 2.48. The zero-order valence-electron chi connectivity index (χ0n) is 8.71. The maximum absolute atomic E-state index is 12.4. The first-order chi connectivity index (χ1) is 7.39. The maximum Gasteiger partial charge on any atom is 0.435 e. The van der Waals surface area contributed by atoms with E-state index in [1.165, 1.54) is 11.7 Å². The van der Waals surface area contributed by atoms with E-state index in [0.717, 1.165) is 18.9 Å². The Morgan fingerprint density at radius 2 is 2.19 bits per heavy atom. The van der Waals surface area contributed by atoms with Crippen molar-refractivity contribution in [3.05, 3.63) is 17.5 Å². The van der Waals surface area contributed by atoms with Crippen LogP contribution < -0.4 is 5.90 Å². The predicted molar refractivity (Wildman–Crippen MR) is 49.3 cm³/mol. The summed E-state index contributed by atoms with van der Waals surface area (Å²) in [5, 5.41) is 3.47. The third kappa shape index (κ3) is 1.80. The minimum Gasteiger partial charge on any atom is -0.304 e. The number of hydrogen-bond donors (Lipinski definition) is 1. The molecule has 4 nitrogen and oxygen atoms in total. The van der Waals surface area contributed by atoms with Crippen molar-refractivity contribution in [3.8, 4) is 0 Å². The van der Waals surface area contributed by atoms with Gasteiger partial charge in [-0.3, -0.25) is 4.68 Å². The maximum atomic E-state index is 12.4. The molecule has 2 N–H and O–H groups in total. The molecule has 0 aliphatic heterocycles. The van der Waals surface area contributed by atoms with Crippen LogP contribution in [0.5, 0.6) is 0 Å². The van der Waals surface area contributed by atoms with Crippen LogP contribution >= 0.6 is 0 Å². The number of hydrogen-bond acceptors (Lipinski definition) is 3. The molecule has 1 aromatic heterocycles. The van der Waals surface area contributed by atoms with Crippen molar-refractivity contribution in [1.82, 2.24) is 9.78 Å². The number of nitrogens with two attached hydrogens (primary N) is 1. The lowest BCUT2D eigenvalue weighted by atomic mass is 10.0. The van der Waals surface area contributed by atoms with Crippen LogP contribution in [0.4, 0.5) is 13.2 Å². The fourth-order valence-corrected chi connectivity index (χ4v) is 1.89. The zero-order valence-corrected chi connectivity index (χ0v) is 8.71. The van der Waals surface area contributed by atoms with Crippen LogP contribution in [0.3, 0.4) is 0 Å². The first-order valence-electron chi connectivity index (χ1n) is 4.82. The topological polar surface area (TPSA) is 53.1 Å². The molecule has 0 radical (unpaired) electrons. The van der Waals surface area contributed by atoms with E-state index in [2.05, 4.69) is 9.94 Å². The van der Waals surface area contributed by atoms with Crippen LogP contribution in [0.1, 0.15) is 24.2 Å². The standard InChI is InChI=1S/C9H12F3N3O/c1-15-7(8(2-3-8)5-16-13)4-6(14-15)9(10,11)12/h4H,2-3,5,13H2,1H3. The van der Waals surface area contributed by atoms with Crippen molar-refractivity contribution in [2.75, 3.05) is 6.61 Å². The Morgan fingerprint density at radius 1 is 1.56 bits per heavy atom. The Balaban J connectivity index is 2.33. The minimum atomic E-state index is -4.41. The molecule has 1 aliphatic rings. The average molecular weight is 235 g/mol. The molecule has 90 valence electrons. The summed E-state index contributed by atoms with van der Waals surface area (Å²) in [6.07, 6.45) is -2.85. The summed E-state index contributed by atoms with van der Waals surface area (Å²) in [7, 11) is 1.50. The summed E-state index contributed by atoms with van der Waals surface area (Å²) in [6.45, 7) is 0.226. The van der Waals surface area contributed by atoms with Crippen molar-refractivity contribution in [2.24, 2.45) is 12.9 Å². The number of aryl methyl sites for hydroxylation is 1. The van der Waals surface area contributed by atoms with Gasteiger partial charge in [0, 0.05) is 18.2 Å². The normalized spacial score (nSPS) is 18.8. The van der Waals surface area contributed by atoms with Gasteiger partial charge in [0.05, 0.1) is 6.61 Å². The van der Waals surface area contributed by atoms with Gasteiger partial charge < -0.3 is 4.84 Å². The second kappa shape index (κ2) is 3.46. The fourth-order valence-electron chi connectivity index (χ4n) is 1.89. The Bertz CT molecular complexity index is 395. The molecule has 1 saturated carbocycles. The highest BCUT2D eigenvalue weighted by molar-refractivity contribution is 5.28. The summed E-state index contributed by atoms with van der Waals surface area (Å²) in [6, 6.07) is 1.08. The summed E-state index contributed by atoms with van der Waals surface area (Å²) < 4.78 is 38.6. The quantitative estimate of drug-likeness (QED) is 0.805. The molecule has 1 fully saturated rings. The molecule has 2 rings (SSSR count). The van der Waals surface area contributed by atoms with Crippen LogP contribution in [0, 0.1) is 0 Å². The molecule has 0 saturated heterocycles. The van der Waals surface area contributed by atoms with Gasteiger partial charge in [0.1, 0.15) is 0 Å². The van der Waals surface area contributed by atoms with Gasteiger partial charge >= 0.3 is 6.18 Å². The van der Waals surface area contributed by atoms with Gasteiger partial charge in [0.2, 0.25) is 0 Å². The lowest BCUT2D eigenvalue weighted by molar-refractivity contribution is -0.141. The van der Waals surface area contributed by atoms with Crippen LogP contribution in [0.25, 0.3) is 0 Å². The van der Waals surface area contributed by atoms with Gasteiger partial charge in [0.25, 0.3) is 0 Å². The highest BCUT2D eigenvalue weighted by Gasteiger charge is 2.48. The molecule has 0 aromatic carbocycles. The van der Waals surface area contributed by atoms with Gasteiger partial charge in [-0.25, -0.2) is 5.90 Å². The highest BCUT2D eigenvalue weighted by atomic mass is 19.4. The van der Waals surface area contributed by atoms with E-state index in [0.29, 0.717) is 5.69 Å². The van der Waals surface area contributed by atoms with E-state index in [1.54, 1.807) is 0 Å². The molecular weight excluding hydrogens is 223 g/mol. The van der Waals surface area contributed by atoms with Crippen molar-refractivity contribution in [3.63, 3.8) is 0 Å². The van der Waals surface area contributed by atoms with Gasteiger partial charge in [-0.1, -0.05) is 0 Å². The summed E-state index contributed by atoms with van der Waals surface area (Å²) >= 11 is 0. The summed E-state index contributed by atoms with van der Waals surface area (Å²) in [5.74, 6) is 4.98. The molecule has 0 spiro atoms. The van der Waals surface area contributed by atoms with E-state index < -0.39 is 11.9 Å². The Labute approximate surface area is 90.1 Å². The molecule has 0 atom stereocenters. The van der Waals surface area contributed by atoms with Gasteiger partial charge in [-0.15, -0.1) is 0 Å². The lowest BCUT2D eigenvalue weighted by Gasteiger charge is -2.13. The van der Waals surface area contributed by atoms with Crippen molar-refractivity contribution >= 4 is 0 Å². The first-order valence-corrected chi connectivity index (χ1v) is 4.82. The number of aromatic nitrogens is 2. The molecule has 0 amide bonds. The van der Waals surface area contributed by atoms with E-state index in [4.69, 9.17) is 5.90 Å². The van der Waals surface area contributed by atoms with E-state index >= 15 is 0 Å². The summed E-state index contributed by atoms with van der Waals surface area (Å²) in [4.78, 5) is 4.55. The van der Waals surface area contributed by atoms with Crippen LogP contribution in [0.2, 0.25) is 0 Å². The molecule has 1 heterocycles. The van der Waals surface area contributed by atoms with Crippen molar-refractivity contribution in [2.45, 2.75) is 24.4 Å². The smallest absolute Gasteiger partial charge is 0.304 e. The molecule has 7 heteroatoms. The Kier molecular flexibility index (Phi) is 2.47. The monoisotopic (exact) mass is 235 g/mol. The predicted octanol–water partition coefficient (Wildman–Crippen LogP) is 1.36. The second-order valence-corrected chi connectivity index (χ2v) is 4.13. The SMILES string of the molecule is Cn1nc(C(F)(F)F)cc1C1(CON)CC1. The van der Waals surface area contributed by atoms with E-state index in [9.17, 15) is 13.2 Å². The minimum absolute atomic E-state index is 0.226. The molecule has 16 heavy (non-hydrogen) atoms. The zero-order chi connectivity index (χ0) is 12.0. The molecule has 0 bridgehead atoms. The third-order valence-corrected chi connectivity index (χ3v) is 2.93. The van der Waals surface area contributed by atoms with Gasteiger partial charge in [-0.05, 0) is 18.9 Å². The van der Waals surface area contributed by atoms with Gasteiger partial charge in [0.15, 0.2) is 5.69 Å². The van der Waals surface area contributed by atoms with Crippen LogP contribution in [-0.4, -0.2) is 16.4 Å². The largest absolute Gasteiger partial charge is 0.435 e. The summed E-state index contributed by atoms with van der Waals surface area (Å²) in [5.41, 5.74) is -0.710. The molecule has 0 unspecified atom stereocenters. The molecular formula is C9H12F3N3O. The second-order valence-electron chi connectivity index (χ2n) is 4.13. The van der Waals surface area contributed by atoms with E-state index in [1.807, 2.05) is 0 Å². The number of rotatable bonds is 3. The Morgan fingerprint density at radius 3 is 2.56 bits per heavy atom. The Hall–Kier alpha value is -1.08. The number of halogens is 3. The average Bonchev–Trinajstić information content (AvgIpc) is 2.81. The fraction of sp³-hybridized carbons (Fsp3) is 0.667. The lowest BCUT2D eigenvalue weighted by Crippen LogP contribution is -2.21. The van der Waals surface area contributed by atoms with Crippen molar-refractivity contribution < 1.29 is 18.0 Å². The van der Waals surface area contributed by atoms with Crippen molar-refractivity contribution in [1.29, 1.82) is 0 Å². The van der Waals surface area contributed by atoms with Crippen LogP contribution in [-0.2, 0) is 23.5 Å². The van der Waals surface area contributed by atoms with Gasteiger partial charge in [-0.2, -0.15) is 18.3 Å². The van der Waals surface area contributed by atoms with E-state index in [-0.39, 0.29) is 12.0 Å². The third-order valence-electron chi connectivity index (χ3n) is 2.93. The number of nitrogens with zero attached hydrogens (tertiary/aromatic N) is 2. The van der Waals surface area contributed by atoms with Crippen LogP contribution in [0.15, 0.2) is 6.07 Å². The molecule has 1 aliphatic carbocycles.